The zero-order valence-electron chi connectivity index (χ0n) is 18.1. The minimum atomic E-state index is -0.529. The highest BCUT2D eigenvalue weighted by Gasteiger charge is 2.42. The standard InChI is InChI=1S/C26H21ClFN3O2/c1-14-11-15(2)25(32)19(12-14)22-21-23(30-29-22)26(33)31(13-17-5-3-4-6-20(17)27)24(21)16-7-9-18(28)10-8-16/h3-12,24,32H,13H2,1-2H3,(H,29,30). The fraction of sp³-hybridized carbons (Fsp3) is 0.154. The number of aromatic nitrogens is 2. The highest BCUT2D eigenvalue weighted by atomic mass is 35.5. The number of phenolic OH excluding ortho intramolecular Hbond substituents is 1. The molecule has 7 heteroatoms. The number of aromatic amines is 1. The van der Waals surface area contributed by atoms with Crippen molar-refractivity contribution >= 4 is 17.5 Å². The molecule has 1 aliphatic heterocycles. The van der Waals surface area contributed by atoms with Gasteiger partial charge in [0, 0.05) is 22.7 Å². The number of carbonyl (C=O) groups excluding carboxylic acids is 1. The number of hydrogen-bond donors (Lipinski definition) is 2. The summed E-state index contributed by atoms with van der Waals surface area (Å²) in [5.74, 6) is -0.480. The molecular weight excluding hydrogens is 441 g/mol. The van der Waals surface area contributed by atoms with Crippen LogP contribution in [0.25, 0.3) is 11.3 Å². The molecule has 33 heavy (non-hydrogen) atoms. The van der Waals surface area contributed by atoms with E-state index in [-0.39, 0.29) is 24.0 Å². The molecule has 1 atom stereocenters. The molecule has 2 N–H and O–H groups in total. The fourth-order valence-electron chi connectivity index (χ4n) is 4.51. The number of halogens is 2. The Balaban J connectivity index is 1.70. The van der Waals surface area contributed by atoms with Crippen molar-refractivity contribution < 1.29 is 14.3 Å². The summed E-state index contributed by atoms with van der Waals surface area (Å²) in [5.41, 5.74) is 5.27. The van der Waals surface area contributed by atoms with E-state index in [1.807, 2.05) is 44.2 Å². The molecule has 1 unspecified atom stereocenters. The number of nitrogens with zero attached hydrogens (tertiary/aromatic N) is 2. The summed E-state index contributed by atoms with van der Waals surface area (Å²) < 4.78 is 13.7. The first-order valence-electron chi connectivity index (χ1n) is 10.5. The highest BCUT2D eigenvalue weighted by molar-refractivity contribution is 6.31. The van der Waals surface area contributed by atoms with Crippen LogP contribution in [0.3, 0.4) is 0 Å². The van der Waals surface area contributed by atoms with E-state index in [0.717, 1.165) is 22.3 Å². The number of hydrogen-bond acceptors (Lipinski definition) is 3. The lowest BCUT2D eigenvalue weighted by molar-refractivity contribution is 0.0730. The minimum absolute atomic E-state index is 0.116. The molecule has 0 aliphatic carbocycles. The average Bonchev–Trinajstić information content (AvgIpc) is 3.32. The summed E-state index contributed by atoms with van der Waals surface area (Å²) >= 11 is 6.39. The van der Waals surface area contributed by atoms with Gasteiger partial charge in [-0.3, -0.25) is 9.89 Å². The van der Waals surface area contributed by atoms with E-state index < -0.39 is 6.04 Å². The molecule has 166 valence electrons. The molecule has 1 aromatic heterocycles. The summed E-state index contributed by atoms with van der Waals surface area (Å²) in [7, 11) is 0. The van der Waals surface area contributed by atoms with Gasteiger partial charge < -0.3 is 10.0 Å². The quantitative estimate of drug-likeness (QED) is 0.395. The normalized spacial score (nSPS) is 15.2. The van der Waals surface area contributed by atoms with Gasteiger partial charge in [-0.1, -0.05) is 48.0 Å². The number of benzene rings is 3. The third-order valence-electron chi connectivity index (χ3n) is 6.05. The summed E-state index contributed by atoms with van der Waals surface area (Å²) in [4.78, 5) is 15.2. The molecule has 0 saturated carbocycles. The van der Waals surface area contributed by atoms with E-state index in [1.54, 1.807) is 23.1 Å². The number of amides is 1. The van der Waals surface area contributed by atoms with Crippen molar-refractivity contribution in [2.24, 2.45) is 0 Å². The van der Waals surface area contributed by atoms with Crippen LogP contribution in [0.15, 0.2) is 60.7 Å². The van der Waals surface area contributed by atoms with E-state index in [4.69, 9.17) is 11.6 Å². The second-order valence-corrected chi connectivity index (χ2v) is 8.72. The fourth-order valence-corrected chi connectivity index (χ4v) is 4.70. The van der Waals surface area contributed by atoms with Crippen LogP contribution in [0, 0.1) is 19.7 Å². The molecule has 1 aliphatic rings. The Hall–Kier alpha value is -3.64. The summed E-state index contributed by atoms with van der Waals surface area (Å²) in [6.45, 7) is 4.03. The van der Waals surface area contributed by atoms with Crippen LogP contribution in [-0.4, -0.2) is 26.1 Å². The van der Waals surface area contributed by atoms with Crippen molar-refractivity contribution in [2.45, 2.75) is 26.4 Å². The van der Waals surface area contributed by atoms with Crippen molar-refractivity contribution in [3.63, 3.8) is 0 Å². The Morgan fingerprint density at radius 3 is 2.58 bits per heavy atom. The van der Waals surface area contributed by atoms with Gasteiger partial charge in [0.2, 0.25) is 0 Å². The molecule has 4 aromatic rings. The SMILES string of the molecule is Cc1cc(C)c(O)c(-c2n[nH]c3c2C(c2ccc(F)cc2)N(Cc2ccccc2Cl)C3=O)c1. The smallest absolute Gasteiger partial charge is 0.273 e. The van der Waals surface area contributed by atoms with Crippen molar-refractivity contribution in [3.8, 4) is 17.0 Å². The lowest BCUT2D eigenvalue weighted by Crippen LogP contribution is -2.29. The topological polar surface area (TPSA) is 69.2 Å². The average molecular weight is 462 g/mol. The van der Waals surface area contributed by atoms with Crippen LogP contribution in [0.1, 0.15) is 44.3 Å². The van der Waals surface area contributed by atoms with Crippen LogP contribution in [0.4, 0.5) is 4.39 Å². The van der Waals surface area contributed by atoms with Gasteiger partial charge in [0.1, 0.15) is 23.0 Å². The third kappa shape index (κ3) is 3.56. The first-order chi connectivity index (χ1) is 15.8. The molecule has 2 heterocycles. The van der Waals surface area contributed by atoms with E-state index in [0.29, 0.717) is 27.5 Å². The van der Waals surface area contributed by atoms with Crippen LogP contribution in [0.5, 0.6) is 5.75 Å². The van der Waals surface area contributed by atoms with Gasteiger partial charge in [0.05, 0.1) is 6.04 Å². The number of aryl methyl sites for hydroxylation is 2. The molecule has 0 fully saturated rings. The van der Waals surface area contributed by atoms with Gasteiger partial charge in [-0.15, -0.1) is 0 Å². The Morgan fingerprint density at radius 1 is 1.12 bits per heavy atom. The largest absolute Gasteiger partial charge is 0.507 e. The lowest BCUT2D eigenvalue weighted by atomic mass is 9.94. The predicted octanol–water partition coefficient (Wildman–Crippen LogP) is 5.94. The zero-order chi connectivity index (χ0) is 23.3. The second kappa shape index (κ2) is 8.05. The third-order valence-corrected chi connectivity index (χ3v) is 6.42. The number of H-pyrrole nitrogens is 1. The first-order valence-corrected chi connectivity index (χ1v) is 10.9. The molecule has 1 amide bonds. The van der Waals surface area contributed by atoms with E-state index in [2.05, 4.69) is 10.2 Å². The molecular formula is C26H21ClFN3O2. The molecule has 0 spiro atoms. The zero-order valence-corrected chi connectivity index (χ0v) is 18.8. The maximum Gasteiger partial charge on any atom is 0.273 e. The Morgan fingerprint density at radius 2 is 1.85 bits per heavy atom. The van der Waals surface area contributed by atoms with Crippen molar-refractivity contribution in [3.05, 3.63) is 105 Å². The van der Waals surface area contributed by atoms with Gasteiger partial charge in [0.25, 0.3) is 5.91 Å². The summed E-state index contributed by atoms with van der Waals surface area (Å²) in [6, 6.07) is 16.7. The molecule has 0 radical (unpaired) electrons. The van der Waals surface area contributed by atoms with Crippen LogP contribution in [-0.2, 0) is 6.54 Å². The monoisotopic (exact) mass is 461 g/mol. The van der Waals surface area contributed by atoms with E-state index in [9.17, 15) is 14.3 Å². The molecule has 5 rings (SSSR count). The number of rotatable bonds is 4. The van der Waals surface area contributed by atoms with Crippen LogP contribution in [0.2, 0.25) is 5.02 Å². The molecule has 3 aromatic carbocycles. The minimum Gasteiger partial charge on any atom is -0.507 e. The highest BCUT2D eigenvalue weighted by Crippen LogP contribution is 2.46. The maximum atomic E-state index is 13.7. The van der Waals surface area contributed by atoms with Crippen LogP contribution < -0.4 is 0 Å². The first kappa shape index (κ1) is 21.2. The van der Waals surface area contributed by atoms with Gasteiger partial charge >= 0.3 is 0 Å². The number of phenols is 1. The van der Waals surface area contributed by atoms with E-state index >= 15 is 0 Å². The van der Waals surface area contributed by atoms with Gasteiger partial charge in [0.15, 0.2) is 0 Å². The van der Waals surface area contributed by atoms with Crippen LogP contribution >= 0.6 is 11.6 Å². The molecule has 0 bridgehead atoms. The van der Waals surface area contributed by atoms with Crippen molar-refractivity contribution in [2.75, 3.05) is 0 Å². The molecule has 0 saturated heterocycles. The Labute approximate surface area is 195 Å². The van der Waals surface area contributed by atoms with Crippen molar-refractivity contribution in [1.29, 1.82) is 0 Å². The predicted molar refractivity (Wildman–Crippen MR) is 125 cm³/mol. The summed E-state index contributed by atoms with van der Waals surface area (Å²) in [6.07, 6.45) is 0. The van der Waals surface area contributed by atoms with Crippen molar-refractivity contribution in [1.82, 2.24) is 15.1 Å². The van der Waals surface area contributed by atoms with E-state index in [1.165, 1.54) is 12.1 Å². The summed E-state index contributed by atoms with van der Waals surface area (Å²) in [5, 5.41) is 18.7. The Kier molecular flexibility index (Phi) is 5.17. The second-order valence-electron chi connectivity index (χ2n) is 8.32. The number of fused-ring (bicyclic) bond motifs is 1. The van der Waals surface area contributed by atoms with Gasteiger partial charge in [-0.2, -0.15) is 5.10 Å². The maximum absolute atomic E-state index is 13.7. The van der Waals surface area contributed by atoms with Gasteiger partial charge in [-0.05, 0) is 60.4 Å². The lowest BCUT2D eigenvalue weighted by Gasteiger charge is -2.27. The number of carbonyl (C=O) groups is 1. The Bertz CT molecular complexity index is 1380. The van der Waals surface area contributed by atoms with Gasteiger partial charge in [-0.25, -0.2) is 4.39 Å². The molecule has 5 nitrogen and oxygen atoms in total. The number of nitrogens with one attached hydrogen (secondary N) is 1. The number of aromatic hydroxyl groups is 1.